The second-order valence-electron chi connectivity index (χ2n) is 10.3. The van der Waals surface area contributed by atoms with Gasteiger partial charge in [0.05, 0.1) is 19.8 Å². The van der Waals surface area contributed by atoms with Crippen LogP contribution in [-0.2, 0) is 9.47 Å². The zero-order valence-corrected chi connectivity index (χ0v) is 23.4. The van der Waals surface area contributed by atoms with Crippen LogP contribution in [0.5, 0.6) is 11.5 Å². The van der Waals surface area contributed by atoms with Gasteiger partial charge in [-0.1, -0.05) is 76.3 Å². The highest BCUT2D eigenvalue weighted by Gasteiger charge is 2.23. The minimum Gasteiger partial charge on any atom is -0.490 e. The van der Waals surface area contributed by atoms with Crippen molar-refractivity contribution < 1.29 is 32.1 Å². The van der Waals surface area contributed by atoms with Gasteiger partial charge in [0, 0.05) is 11.5 Å². The summed E-state index contributed by atoms with van der Waals surface area (Å²) >= 11 is 0. The monoisotopic (exact) mass is 556 g/mol. The van der Waals surface area contributed by atoms with Crippen molar-refractivity contribution in [3.63, 3.8) is 0 Å². The topological polar surface area (TPSA) is 36.9 Å². The number of ether oxygens (including phenoxy) is 4. The molecule has 0 unspecified atom stereocenters. The maximum Gasteiger partial charge on any atom is 0.201 e. The summed E-state index contributed by atoms with van der Waals surface area (Å²) in [5.74, 6) is -2.02. The Hall–Kier alpha value is -3.03. The van der Waals surface area contributed by atoms with Gasteiger partial charge in [-0.15, -0.1) is 0 Å². The van der Waals surface area contributed by atoms with E-state index in [4.69, 9.17) is 18.9 Å². The maximum absolute atomic E-state index is 14.8. The predicted octanol–water partition coefficient (Wildman–Crippen LogP) is 8.96. The molecular formula is C33H39F3O4. The van der Waals surface area contributed by atoms with Crippen molar-refractivity contribution in [1.29, 1.82) is 0 Å². The number of benzene rings is 3. The molecule has 0 N–H and O–H groups in total. The lowest BCUT2D eigenvalue weighted by molar-refractivity contribution is -0.212. The summed E-state index contributed by atoms with van der Waals surface area (Å²) in [5, 5.41) is 0. The zero-order chi connectivity index (χ0) is 28.3. The lowest BCUT2D eigenvalue weighted by Gasteiger charge is -2.29. The average Bonchev–Trinajstić information content (AvgIpc) is 2.98. The quantitative estimate of drug-likeness (QED) is 0.186. The number of unbranched alkanes of at least 4 members (excludes halogenated alkanes) is 4. The van der Waals surface area contributed by atoms with Crippen molar-refractivity contribution in [2.24, 2.45) is 5.92 Å². The molecule has 40 heavy (non-hydrogen) atoms. The van der Waals surface area contributed by atoms with Gasteiger partial charge in [0.15, 0.2) is 29.4 Å². The van der Waals surface area contributed by atoms with E-state index in [-0.39, 0.29) is 23.7 Å². The highest BCUT2D eigenvalue weighted by Crippen LogP contribution is 2.32. The molecule has 0 atom stereocenters. The van der Waals surface area contributed by atoms with Crippen LogP contribution in [0.25, 0.3) is 22.3 Å². The van der Waals surface area contributed by atoms with E-state index >= 15 is 0 Å². The third-order valence-corrected chi connectivity index (χ3v) is 7.14. The van der Waals surface area contributed by atoms with Crippen molar-refractivity contribution in [3.8, 4) is 33.8 Å². The smallest absolute Gasteiger partial charge is 0.201 e. The Labute approximate surface area is 235 Å². The Kier molecular flexibility index (Phi) is 11.3. The van der Waals surface area contributed by atoms with E-state index in [0.29, 0.717) is 36.9 Å². The fourth-order valence-corrected chi connectivity index (χ4v) is 4.73. The van der Waals surface area contributed by atoms with E-state index in [1.54, 1.807) is 36.4 Å². The number of hydrogen-bond donors (Lipinski definition) is 0. The number of rotatable bonds is 14. The van der Waals surface area contributed by atoms with E-state index in [9.17, 15) is 13.2 Å². The molecule has 0 bridgehead atoms. The van der Waals surface area contributed by atoms with E-state index in [0.717, 1.165) is 31.2 Å². The molecule has 0 saturated carbocycles. The summed E-state index contributed by atoms with van der Waals surface area (Å²) in [6, 6.07) is 14.6. The van der Waals surface area contributed by atoms with Crippen LogP contribution in [0.1, 0.15) is 58.8 Å². The summed E-state index contributed by atoms with van der Waals surface area (Å²) in [5.41, 5.74) is 2.02. The first kappa shape index (κ1) is 29.9. The fraction of sp³-hybridized carbons (Fsp3) is 0.455. The second kappa shape index (κ2) is 15.1. The molecule has 1 aliphatic heterocycles. The first-order valence-corrected chi connectivity index (χ1v) is 14.4. The normalized spacial score (nSPS) is 17.1. The van der Waals surface area contributed by atoms with Crippen molar-refractivity contribution >= 4 is 0 Å². The predicted molar refractivity (Wildman–Crippen MR) is 151 cm³/mol. The lowest BCUT2D eigenvalue weighted by Crippen LogP contribution is -2.35. The summed E-state index contributed by atoms with van der Waals surface area (Å²) in [7, 11) is 0. The molecule has 0 radical (unpaired) electrons. The Morgan fingerprint density at radius 2 is 1.35 bits per heavy atom. The van der Waals surface area contributed by atoms with Gasteiger partial charge in [-0.3, -0.25) is 0 Å². The van der Waals surface area contributed by atoms with Crippen LogP contribution < -0.4 is 9.47 Å². The molecule has 4 rings (SSSR count). The van der Waals surface area contributed by atoms with Crippen LogP contribution in [0.4, 0.5) is 13.2 Å². The zero-order valence-electron chi connectivity index (χ0n) is 23.4. The van der Waals surface area contributed by atoms with Gasteiger partial charge in [0.1, 0.15) is 6.61 Å². The van der Waals surface area contributed by atoms with Crippen LogP contribution in [0, 0.1) is 23.4 Å². The molecule has 216 valence electrons. The maximum atomic E-state index is 14.8. The Balaban J connectivity index is 1.33. The molecule has 1 saturated heterocycles. The molecule has 3 aromatic rings. The molecule has 7 heteroatoms. The van der Waals surface area contributed by atoms with Crippen LogP contribution in [0.3, 0.4) is 0 Å². The first-order valence-electron chi connectivity index (χ1n) is 14.4. The largest absolute Gasteiger partial charge is 0.490 e. The van der Waals surface area contributed by atoms with Gasteiger partial charge in [-0.2, -0.15) is 4.39 Å². The standard InChI is InChI=1S/C33H39F3O4/c1-3-5-7-9-23-20-39-31(40-21-23)22-38-29-16-14-26(19-28(29)34)24-10-12-25(13-11-24)27-15-17-30(33(36)32(27)35)37-18-8-6-4-2/h10-17,19,23,31H,3-9,18,20-22H2,1-2H3. The molecule has 3 aromatic carbocycles. The average molecular weight is 557 g/mol. The highest BCUT2D eigenvalue weighted by molar-refractivity contribution is 5.71. The molecule has 4 nitrogen and oxygen atoms in total. The molecular weight excluding hydrogens is 517 g/mol. The van der Waals surface area contributed by atoms with Crippen LogP contribution in [0.15, 0.2) is 54.6 Å². The Morgan fingerprint density at radius 3 is 2.05 bits per heavy atom. The van der Waals surface area contributed by atoms with E-state index in [2.05, 4.69) is 13.8 Å². The molecule has 0 aliphatic carbocycles. The Morgan fingerprint density at radius 1 is 0.700 bits per heavy atom. The second-order valence-corrected chi connectivity index (χ2v) is 10.3. The number of halogens is 3. The summed E-state index contributed by atoms with van der Waals surface area (Å²) in [4.78, 5) is 0. The third kappa shape index (κ3) is 8.01. The lowest BCUT2D eigenvalue weighted by atomic mass is 9.99. The highest BCUT2D eigenvalue weighted by atomic mass is 19.2. The number of hydrogen-bond acceptors (Lipinski definition) is 4. The molecule has 1 fully saturated rings. The molecule has 0 amide bonds. The van der Waals surface area contributed by atoms with Crippen molar-refractivity contribution in [2.45, 2.75) is 65.1 Å². The summed E-state index contributed by atoms with van der Waals surface area (Å²) in [6.07, 6.45) is 6.92. The van der Waals surface area contributed by atoms with Crippen LogP contribution in [0.2, 0.25) is 0 Å². The van der Waals surface area contributed by atoms with E-state index < -0.39 is 23.7 Å². The van der Waals surface area contributed by atoms with E-state index in [1.165, 1.54) is 37.5 Å². The van der Waals surface area contributed by atoms with Gasteiger partial charge in [0.25, 0.3) is 0 Å². The summed E-state index contributed by atoms with van der Waals surface area (Å²) < 4.78 is 66.7. The van der Waals surface area contributed by atoms with Gasteiger partial charge in [-0.25, -0.2) is 8.78 Å². The summed E-state index contributed by atoms with van der Waals surface area (Å²) in [6.45, 7) is 5.96. The molecule has 1 aliphatic rings. The van der Waals surface area contributed by atoms with Crippen molar-refractivity contribution in [1.82, 2.24) is 0 Å². The first-order chi connectivity index (χ1) is 19.5. The Bertz CT molecular complexity index is 1210. The van der Waals surface area contributed by atoms with E-state index in [1.807, 2.05) is 0 Å². The SMILES string of the molecule is CCCCCOc1ccc(-c2ccc(-c3ccc(OCC4OCC(CCCCC)CO4)c(F)c3)cc2)c(F)c1F. The third-order valence-electron chi connectivity index (χ3n) is 7.14. The fourth-order valence-electron chi connectivity index (χ4n) is 4.73. The van der Waals surface area contributed by atoms with Crippen LogP contribution in [-0.4, -0.2) is 32.7 Å². The van der Waals surface area contributed by atoms with Crippen molar-refractivity contribution in [3.05, 3.63) is 72.0 Å². The van der Waals surface area contributed by atoms with Gasteiger partial charge < -0.3 is 18.9 Å². The van der Waals surface area contributed by atoms with Gasteiger partial charge >= 0.3 is 0 Å². The molecule has 0 spiro atoms. The van der Waals surface area contributed by atoms with Crippen molar-refractivity contribution in [2.75, 3.05) is 26.4 Å². The molecule has 1 heterocycles. The van der Waals surface area contributed by atoms with Gasteiger partial charge in [0.2, 0.25) is 5.82 Å². The molecule has 0 aromatic heterocycles. The minimum absolute atomic E-state index is 0.0834. The van der Waals surface area contributed by atoms with Gasteiger partial charge in [-0.05, 0) is 53.8 Å². The van der Waals surface area contributed by atoms with Crippen LogP contribution >= 0.6 is 0 Å². The minimum atomic E-state index is -0.994.